The Kier molecular flexibility index (Phi) is 6.26. The van der Waals surface area contributed by atoms with E-state index in [4.69, 9.17) is 20.8 Å². The Hall–Kier alpha value is -1.33. The van der Waals surface area contributed by atoms with E-state index < -0.39 is 6.10 Å². The number of benzene rings is 1. The number of nitrogens with one attached hydrogen (secondary N) is 1. The molecule has 1 unspecified atom stereocenters. The molecule has 2 aromatic rings. The third kappa shape index (κ3) is 5.52. The van der Waals surface area contributed by atoms with Crippen LogP contribution in [0, 0.1) is 0 Å². The van der Waals surface area contributed by atoms with Crippen LogP contribution >= 0.6 is 11.6 Å². The number of hydrogen-bond acceptors (Lipinski definition) is 4. The van der Waals surface area contributed by atoms with Crippen molar-refractivity contribution in [3.63, 3.8) is 0 Å². The van der Waals surface area contributed by atoms with E-state index in [2.05, 4.69) is 5.32 Å². The molecule has 2 atom stereocenters. The average molecular weight is 310 g/mol. The molecule has 0 aliphatic rings. The first-order valence-corrected chi connectivity index (χ1v) is 7.30. The maximum Gasteiger partial charge on any atom is 0.129 e. The van der Waals surface area contributed by atoms with Crippen molar-refractivity contribution in [3.8, 4) is 0 Å². The van der Waals surface area contributed by atoms with E-state index in [0.717, 1.165) is 16.3 Å². The van der Waals surface area contributed by atoms with Gasteiger partial charge in [0.15, 0.2) is 0 Å². The van der Waals surface area contributed by atoms with Crippen molar-refractivity contribution in [2.45, 2.75) is 25.7 Å². The van der Waals surface area contributed by atoms with Gasteiger partial charge in [0, 0.05) is 17.6 Å². The maximum atomic E-state index is 9.88. The molecule has 0 aliphatic heterocycles. The third-order valence-electron chi connectivity index (χ3n) is 3.16. The minimum Gasteiger partial charge on any atom is -0.467 e. The lowest BCUT2D eigenvalue weighted by molar-refractivity contribution is 0.0217. The molecule has 4 nitrogen and oxygen atoms in total. The minimum absolute atomic E-state index is 0.141. The fourth-order valence-electron chi connectivity index (χ4n) is 1.93. The lowest BCUT2D eigenvalue weighted by Crippen LogP contribution is -2.32. The molecule has 0 spiro atoms. The first-order valence-electron chi connectivity index (χ1n) is 6.92. The molecular weight excluding hydrogens is 290 g/mol. The van der Waals surface area contributed by atoms with Crippen LogP contribution in [-0.2, 0) is 11.3 Å². The van der Waals surface area contributed by atoms with Crippen LogP contribution in [-0.4, -0.2) is 24.4 Å². The lowest BCUT2D eigenvalue weighted by Gasteiger charge is -2.17. The Balaban J connectivity index is 1.66. The molecule has 0 saturated heterocycles. The second kappa shape index (κ2) is 8.20. The molecule has 1 heterocycles. The number of rotatable bonds is 8. The molecule has 0 aliphatic carbocycles. The lowest BCUT2D eigenvalue weighted by atomic mass is 10.1. The smallest absolute Gasteiger partial charge is 0.129 e. The molecule has 114 valence electrons. The highest BCUT2D eigenvalue weighted by Crippen LogP contribution is 2.15. The van der Waals surface area contributed by atoms with Gasteiger partial charge in [-0.2, -0.15) is 0 Å². The van der Waals surface area contributed by atoms with Crippen molar-refractivity contribution < 1.29 is 14.3 Å². The zero-order chi connectivity index (χ0) is 15.1. The zero-order valence-corrected chi connectivity index (χ0v) is 12.7. The molecule has 0 fully saturated rings. The van der Waals surface area contributed by atoms with Gasteiger partial charge in [0.1, 0.15) is 12.4 Å². The first-order chi connectivity index (χ1) is 10.1. The number of ether oxygens (including phenoxy) is 1. The van der Waals surface area contributed by atoms with Gasteiger partial charge in [0.25, 0.3) is 0 Å². The SMILES string of the molecule is C[C@H](NCC(O)COCc1ccco1)c1ccc(Cl)cc1. The van der Waals surface area contributed by atoms with Gasteiger partial charge < -0.3 is 19.6 Å². The van der Waals surface area contributed by atoms with E-state index in [1.165, 1.54) is 0 Å². The van der Waals surface area contributed by atoms with Crippen molar-refractivity contribution >= 4 is 11.6 Å². The molecule has 0 radical (unpaired) electrons. The fraction of sp³-hybridized carbons (Fsp3) is 0.375. The summed E-state index contributed by atoms with van der Waals surface area (Å²) in [5.41, 5.74) is 1.13. The van der Waals surface area contributed by atoms with Crippen LogP contribution in [0.4, 0.5) is 0 Å². The second-order valence-electron chi connectivity index (χ2n) is 4.93. The van der Waals surface area contributed by atoms with Gasteiger partial charge in [-0.3, -0.25) is 0 Å². The molecular formula is C16H20ClNO3. The zero-order valence-electron chi connectivity index (χ0n) is 12.0. The van der Waals surface area contributed by atoms with Crippen molar-refractivity contribution in [1.82, 2.24) is 5.32 Å². The Morgan fingerprint density at radius 1 is 1.29 bits per heavy atom. The molecule has 2 N–H and O–H groups in total. The van der Waals surface area contributed by atoms with Gasteiger partial charge in [0.2, 0.25) is 0 Å². The van der Waals surface area contributed by atoms with Gasteiger partial charge in [-0.25, -0.2) is 0 Å². The summed E-state index contributed by atoms with van der Waals surface area (Å²) < 4.78 is 10.5. The summed E-state index contributed by atoms with van der Waals surface area (Å²) in [5, 5.41) is 13.9. The molecule has 0 bridgehead atoms. The first kappa shape index (κ1) is 16.0. The number of hydrogen-bond donors (Lipinski definition) is 2. The van der Waals surface area contributed by atoms with Crippen LogP contribution in [0.3, 0.4) is 0 Å². The summed E-state index contributed by atoms with van der Waals surface area (Å²) in [6, 6.07) is 11.5. The topological polar surface area (TPSA) is 54.6 Å². The molecule has 5 heteroatoms. The van der Waals surface area contributed by atoms with E-state index in [1.807, 2.05) is 43.3 Å². The molecule has 1 aromatic heterocycles. The highest BCUT2D eigenvalue weighted by molar-refractivity contribution is 6.30. The molecule has 21 heavy (non-hydrogen) atoms. The third-order valence-corrected chi connectivity index (χ3v) is 3.42. The van der Waals surface area contributed by atoms with Crippen LogP contribution in [0.5, 0.6) is 0 Å². The van der Waals surface area contributed by atoms with Crippen LogP contribution in [0.25, 0.3) is 0 Å². The standard InChI is InChI=1S/C16H20ClNO3/c1-12(13-4-6-14(17)7-5-13)18-9-15(19)10-20-11-16-3-2-8-21-16/h2-8,12,15,18-19H,9-11H2,1H3/t12-,15?/m0/s1. The van der Waals surface area contributed by atoms with Crippen molar-refractivity contribution in [2.75, 3.05) is 13.2 Å². The average Bonchev–Trinajstić information content (AvgIpc) is 2.99. The molecule has 2 rings (SSSR count). The van der Waals surface area contributed by atoms with Crippen LogP contribution < -0.4 is 5.32 Å². The second-order valence-corrected chi connectivity index (χ2v) is 5.37. The number of furan rings is 1. The van der Waals surface area contributed by atoms with Crippen molar-refractivity contribution in [2.24, 2.45) is 0 Å². The van der Waals surface area contributed by atoms with Gasteiger partial charge in [-0.15, -0.1) is 0 Å². The van der Waals surface area contributed by atoms with E-state index in [0.29, 0.717) is 13.2 Å². The Labute approximate surface area is 129 Å². The normalized spacial score (nSPS) is 14.0. The van der Waals surface area contributed by atoms with Crippen LogP contribution in [0.2, 0.25) is 5.02 Å². The predicted octanol–water partition coefficient (Wildman–Crippen LogP) is 3.16. The van der Waals surface area contributed by atoms with Gasteiger partial charge in [-0.05, 0) is 36.8 Å². The summed E-state index contributed by atoms with van der Waals surface area (Å²) >= 11 is 5.86. The summed E-state index contributed by atoms with van der Waals surface area (Å²) in [6.07, 6.45) is 1.04. The van der Waals surface area contributed by atoms with Gasteiger partial charge in [-0.1, -0.05) is 23.7 Å². The van der Waals surface area contributed by atoms with Gasteiger partial charge in [0.05, 0.1) is 19.0 Å². The Bertz CT molecular complexity index is 513. The minimum atomic E-state index is -0.560. The Morgan fingerprint density at radius 3 is 2.71 bits per heavy atom. The fourth-order valence-corrected chi connectivity index (χ4v) is 2.06. The van der Waals surface area contributed by atoms with E-state index in [9.17, 15) is 5.11 Å². The van der Waals surface area contributed by atoms with Crippen LogP contribution in [0.15, 0.2) is 47.1 Å². The molecule has 0 saturated carbocycles. The van der Waals surface area contributed by atoms with E-state index >= 15 is 0 Å². The highest BCUT2D eigenvalue weighted by Gasteiger charge is 2.09. The number of aliphatic hydroxyl groups is 1. The van der Waals surface area contributed by atoms with E-state index in [1.54, 1.807) is 6.26 Å². The largest absolute Gasteiger partial charge is 0.467 e. The Morgan fingerprint density at radius 2 is 2.05 bits per heavy atom. The molecule has 1 aromatic carbocycles. The van der Waals surface area contributed by atoms with E-state index in [-0.39, 0.29) is 12.6 Å². The predicted molar refractivity (Wildman–Crippen MR) is 82.2 cm³/mol. The highest BCUT2D eigenvalue weighted by atomic mass is 35.5. The summed E-state index contributed by atoms with van der Waals surface area (Å²) in [5.74, 6) is 0.754. The molecule has 0 amide bonds. The maximum absolute atomic E-state index is 9.88. The van der Waals surface area contributed by atoms with Crippen LogP contribution in [0.1, 0.15) is 24.3 Å². The summed E-state index contributed by atoms with van der Waals surface area (Å²) in [7, 11) is 0. The number of halogens is 1. The van der Waals surface area contributed by atoms with Crippen molar-refractivity contribution in [3.05, 3.63) is 59.0 Å². The number of aliphatic hydroxyl groups excluding tert-OH is 1. The summed E-state index contributed by atoms with van der Waals surface area (Å²) in [6.45, 7) is 3.14. The quantitative estimate of drug-likeness (QED) is 0.786. The van der Waals surface area contributed by atoms with Crippen molar-refractivity contribution in [1.29, 1.82) is 0 Å². The monoisotopic (exact) mass is 309 g/mol. The van der Waals surface area contributed by atoms with Gasteiger partial charge >= 0.3 is 0 Å². The summed E-state index contributed by atoms with van der Waals surface area (Å²) in [4.78, 5) is 0.